The van der Waals surface area contributed by atoms with E-state index in [1.54, 1.807) is 24.3 Å². The van der Waals surface area contributed by atoms with Crippen molar-refractivity contribution >= 4 is 49.4 Å². The van der Waals surface area contributed by atoms with E-state index < -0.39 is 39.9 Å². The molecule has 2 amide bonds. The Morgan fingerprint density at radius 2 is 1.95 bits per heavy atom. The zero-order valence-corrected chi connectivity index (χ0v) is 27.5. The molecule has 0 saturated carbocycles. The molecule has 3 atom stereocenters. The van der Waals surface area contributed by atoms with Crippen LogP contribution in [-0.2, 0) is 37.5 Å². The van der Waals surface area contributed by atoms with Gasteiger partial charge in [0, 0.05) is 34.6 Å². The summed E-state index contributed by atoms with van der Waals surface area (Å²) >= 11 is 9.49. The summed E-state index contributed by atoms with van der Waals surface area (Å²) in [6, 6.07) is 8.20. The van der Waals surface area contributed by atoms with Crippen LogP contribution in [0.25, 0.3) is 0 Å². The molecule has 13 heteroatoms. The minimum absolute atomic E-state index is 0.0391. The first kappa shape index (κ1) is 33.8. The van der Waals surface area contributed by atoms with Crippen LogP contribution >= 0.6 is 27.5 Å². The monoisotopic (exact) mass is 700 g/mol. The van der Waals surface area contributed by atoms with Crippen molar-refractivity contribution in [3.05, 3.63) is 68.4 Å². The molecule has 236 valence electrons. The van der Waals surface area contributed by atoms with Gasteiger partial charge >= 0.3 is 0 Å². The predicted octanol–water partition coefficient (Wildman–Crippen LogP) is 4.05. The number of amides is 2. The number of benzene rings is 2. The van der Waals surface area contributed by atoms with Crippen molar-refractivity contribution in [1.82, 2.24) is 20.3 Å². The highest BCUT2D eigenvalue weighted by Crippen LogP contribution is 2.27. The van der Waals surface area contributed by atoms with E-state index in [0.717, 1.165) is 43.3 Å². The van der Waals surface area contributed by atoms with Crippen molar-refractivity contribution in [3.8, 4) is 0 Å². The van der Waals surface area contributed by atoms with Gasteiger partial charge < -0.3 is 20.3 Å². The van der Waals surface area contributed by atoms with E-state index in [9.17, 15) is 22.4 Å². The highest BCUT2D eigenvalue weighted by molar-refractivity contribution is 9.10. The fourth-order valence-electron chi connectivity index (χ4n) is 5.66. The number of halogens is 3. The number of nitrogens with one attached hydrogen (secondary N) is 3. The largest absolute Gasteiger partial charge is 0.371 e. The van der Waals surface area contributed by atoms with Crippen LogP contribution in [0.15, 0.2) is 40.9 Å². The summed E-state index contributed by atoms with van der Waals surface area (Å²) < 4.78 is 48.1. The molecule has 2 aliphatic rings. The van der Waals surface area contributed by atoms with Gasteiger partial charge in [0.25, 0.3) is 0 Å². The second-order valence-corrected chi connectivity index (χ2v) is 14.5. The topological polar surface area (TPSA) is 117 Å². The molecule has 2 heterocycles. The lowest BCUT2D eigenvalue weighted by Gasteiger charge is -2.30. The quantitative estimate of drug-likeness (QED) is 0.308. The second-order valence-electron chi connectivity index (χ2n) is 11.4. The van der Waals surface area contributed by atoms with Crippen LogP contribution in [0.4, 0.5) is 4.39 Å². The third-order valence-corrected chi connectivity index (χ3v) is 9.76. The number of nitrogens with zero attached hydrogens (tertiary/aromatic N) is 1. The van der Waals surface area contributed by atoms with Crippen molar-refractivity contribution in [2.75, 3.05) is 25.9 Å². The second kappa shape index (κ2) is 15.3. The molecule has 0 bridgehead atoms. The van der Waals surface area contributed by atoms with Gasteiger partial charge in [-0.1, -0.05) is 45.7 Å². The maximum atomic E-state index is 14.4. The molecule has 2 aliphatic heterocycles. The van der Waals surface area contributed by atoms with Crippen LogP contribution in [-0.4, -0.2) is 69.2 Å². The van der Waals surface area contributed by atoms with E-state index in [2.05, 4.69) is 31.3 Å². The Morgan fingerprint density at radius 1 is 1.21 bits per heavy atom. The van der Waals surface area contributed by atoms with Gasteiger partial charge in [0.1, 0.15) is 17.9 Å². The Morgan fingerprint density at radius 3 is 2.65 bits per heavy atom. The SMILES string of the molecule is Cc1c(Cl)cccc1CNC(=O)[C@H]1C[C@@H](OCc2ccc(Br)cc2F)CN1C(=O)[C@@H](CCC1CCNCC1)NS(C)(=O)=O. The number of hydrogen-bond acceptors (Lipinski definition) is 6. The summed E-state index contributed by atoms with van der Waals surface area (Å²) in [7, 11) is -3.71. The van der Waals surface area contributed by atoms with Crippen LogP contribution in [0.3, 0.4) is 0 Å². The molecule has 0 spiro atoms. The number of rotatable bonds is 12. The van der Waals surface area contributed by atoms with Gasteiger partial charge in [-0.05, 0) is 80.9 Å². The third kappa shape index (κ3) is 9.70. The summed E-state index contributed by atoms with van der Waals surface area (Å²) in [5.41, 5.74) is 2.04. The third-order valence-electron chi connectivity index (χ3n) is 8.15. The van der Waals surface area contributed by atoms with Crippen molar-refractivity contribution < 1.29 is 27.1 Å². The number of carbonyl (C=O) groups excluding carboxylic acids is 2. The molecule has 2 fully saturated rings. The minimum atomic E-state index is -3.71. The molecule has 9 nitrogen and oxygen atoms in total. The van der Waals surface area contributed by atoms with E-state index in [1.807, 2.05) is 13.0 Å². The van der Waals surface area contributed by atoms with E-state index >= 15 is 0 Å². The number of likely N-dealkylation sites (tertiary alicyclic amines) is 1. The van der Waals surface area contributed by atoms with Gasteiger partial charge in [-0.15, -0.1) is 0 Å². The maximum Gasteiger partial charge on any atom is 0.243 e. The molecule has 2 aromatic rings. The normalized spacial score (nSPS) is 20.3. The Bertz CT molecular complexity index is 1410. The maximum absolute atomic E-state index is 14.4. The Balaban J connectivity index is 1.51. The van der Waals surface area contributed by atoms with Crippen LogP contribution in [0, 0.1) is 18.7 Å². The lowest BCUT2D eigenvalue weighted by atomic mass is 9.91. The first-order valence-electron chi connectivity index (χ1n) is 14.5. The molecule has 3 N–H and O–H groups in total. The van der Waals surface area contributed by atoms with Crippen molar-refractivity contribution in [3.63, 3.8) is 0 Å². The summed E-state index contributed by atoms with van der Waals surface area (Å²) in [5.74, 6) is -0.903. The lowest BCUT2D eigenvalue weighted by Crippen LogP contribution is -2.53. The molecule has 43 heavy (non-hydrogen) atoms. The van der Waals surface area contributed by atoms with E-state index in [-0.39, 0.29) is 32.0 Å². The van der Waals surface area contributed by atoms with Gasteiger partial charge in [-0.3, -0.25) is 9.59 Å². The number of ether oxygens (including phenoxy) is 1. The molecule has 2 aromatic carbocycles. The van der Waals surface area contributed by atoms with Crippen molar-refractivity contribution in [1.29, 1.82) is 0 Å². The summed E-state index contributed by atoms with van der Waals surface area (Å²) in [5, 5.41) is 6.81. The van der Waals surface area contributed by atoms with Crippen molar-refractivity contribution in [2.24, 2.45) is 5.92 Å². The van der Waals surface area contributed by atoms with Gasteiger partial charge in [0.15, 0.2) is 0 Å². The highest BCUT2D eigenvalue weighted by Gasteiger charge is 2.42. The van der Waals surface area contributed by atoms with E-state index in [4.69, 9.17) is 16.3 Å². The van der Waals surface area contributed by atoms with Gasteiger partial charge in [-0.25, -0.2) is 17.5 Å². The predicted molar refractivity (Wildman–Crippen MR) is 167 cm³/mol. The standard InChI is InChI=1S/C30H39BrClFN4O5S/c1-19-21(4-3-5-25(19)32)16-35-29(38)28-15-24(42-18-22-7-8-23(31)14-26(22)33)17-37(28)30(39)27(36-43(2,40)41)9-6-20-10-12-34-13-11-20/h3-5,7-8,14,20,24,27-28,34,36H,6,9-13,15-18H2,1-2H3,(H,35,38)/t24-,27-,28-/m1/s1. The fraction of sp³-hybridized carbons (Fsp3) is 0.533. The Hall–Kier alpha value is -2.09. The number of sulfonamides is 1. The molecule has 2 saturated heterocycles. The minimum Gasteiger partial charge on any atom is -0.371 e. The lowest BCUT2D eigenvalue weighted by molar-refractivity contribution is -0.140. The average molecular weight is 702 g/mol. The molecule has 0 radical (unpaired) electrons. The molecule has 0 aliphatic carbocycles. The van der Waals surface area contributed by atoms with Crippen LogP contribution in [0.2, 0.25) is 5.02 Å². The first-order chi connectivity index (χ1) is 20.4. The first-order valence-corrected chi connectivity index (χ1v) is 17.5. The fourth-order valence-corrected chi connectivity index (χ4v) is 6.93. The Kier molecular flexibility index (Phi) is 12.0. The molecule has 0 unspecified atom stereocenters. The van der Waals surface area contributed by atoms with Gasteiger partial charge in [0.05, 0.1) is 19.0 Å². The Labute approximate surface area is 266 Å². The van der Waals surface area contributed by atoms with Crippen molar-refractivity contribution in [2.45, 2.75) is 70.4 Å². The number of piperidine rings is 1. The van der Waals surface area contributed by atoms with Crippen LogP contribution in [0.5, 0.6) is 0 Å². The average Bonchev–Trinajstić information content (AvgIpc) is 3.39. The van der Waals surface area contributed by atoms with Gasteiger partial charge in [-0.2, -0.15) is 0 Å². The van der Waals surface area contributed by atoms with E-state index in [1.165, 1.54) is 11.0 Å². The molecule has 0 aromatic heterocycles. The number of hydrogen-bond donors (Lipinski definition) is 3. The number of carbonyl (C=O) groups is 2. The van der Waals surface area contributed by atoms with E-state index in [0.29, 0.717) is 33.8 Å². The van der Waals surface area contributed by atoms with Crippen LogP contribution in [0.1, 0.15) is 48.8 Å². The molecular formula is C30H39BrClFN4O5S. The van der Waals surface area contributed by atoms with Gasteiger partial charge in [0.2, 0.25) is 21.8 Å². The summed E-state index contributed by atoms with van der Waals surface area (Å²) in [6.07, 6.45) is 3.57. The van der Waals surface area contributed by atoms with Crippen LogP contribution < -0.4 is 15.4 Å². The zero-order chi connectivity index (χ0) is 31.1. The summed E-state index contributed by atoms with van der Waals surface area (Å²) in [6.45, 7) is 3.88. The summed E-state index contributed by atoms with van der Waals surface area (Å²) in [4.78, 5) is 28.9. The zero-order valence-electron chi connectivity index (χ0n) is 24.4. The highest BCUT2D eigenvalue weighted by atomic mass is 79.9. The molecular weight excluding hydrogens is 663 g/mol. The smallest absolute Gasteiger partial charge is 0.243 e. The molecule has 4 rings (SSSR count).